The molecule has 0 aliphatic heterocycles. The summed E-state index contributed by atoms with van der Waals surface area (Å²) in [6, 6.07) is 8.88. The van der Waals surface area contributed by atoms with Gasteiger partial charge in [0.05, 0.1) is 24.2 Å². The van der Waals surface area contributed by atoms with E-state index in [1.54, 1.807) is 35.6 Å². The highest BCUT2D eigenvalue weighted by atomic mass is 32.2. The largest absolute Gasteiger partial charge is 0.376 e. The predicted octanol–water partition coefficient (Wildman–Crippen LogP) is 4.58. The van der Waals surface area contributed by atoms with Crippen LogP contribution in [0.15, 0.2) is 46.0 Å². The van der Waals surface area contributed by atoms with Crippen LogP contribution in [0, 0.1) is 12.8 Å². The van der Waals surface area contributed by atoms with Crippen LogP contribution in [-0.2, 0) is 25.5 Å². The molecule has 0 spiro atoms. The quantitative estimate of drug-likeness (QED) is 0.486. The molecule has 1 heterocycles. The third-order valence-corrected chi connectivity index (χ3v) is 6.94. The fourth-order valence-electron chi connectivity index (χ4n) is 3.38. The Hall–Kier alpha value is -1.21. The highest BCUT2D eigenvalue weighted by molar-refractivity contribution is 7.86. The first-order chi connectivity index (χ1) is 12.5. The van der Waals surface area contributed by atoms with Crippen LogP contribution in [-0.4, -0.2) is 27.7 Å². The van der Waals surface area contributed by atoms with Gasteiger partial charge in [0.2, 0.25) is 0 Å². The second-order valence-corrected chi connectivity index (χ2v) is 9.33. The molecule has 1 aliphatic carbocycles. The molecular weight excluding hydrogens is 368 g/mol. The Bertz CT molecular complexity index is 759. The molecule has 1 fully saturated rings. The third-order valence-electron chi connectivity index (χ3n) is 4.88. The minimum Gasteiger partial charge on any atom is -0.376 e. The normalized spacial score (nSPS) is 21.0. The molecule has 0 atom stereocenters. The zero-order valence-corrected chi connectivity index (χ0v) is 16.7. The lowest BCUT2D eigenvalue weighted by molar-refractivity contribution is 0.00506. The molecule has 1 saturated carbocycles. The van der Waals surface area contributed by atoms with Crippen LogP contribution < -0.4 is 0 Å². The summed E-state index contributed by atoms with van der Waals surface area (Å²) in [4.78, 5) is 0.192. The van der Waals surface area contributed by atoms with E-state index >= 15 is 0 Å². The van der Waals surface area contributed by atoms with Crippen molar-refractivity contribution in [2.75, 3.05) is 13.2 Å². The van der Waals surface area contributed by atoms with Crippen LogP contribution in [0.3, 0.4) is 0 Å². The van der Waals surface area contributed by atoms with Crippen molar-refractivity contribution in [3.8, 4) is 0 Å². The van der Waals surface area contributed by atoms with Gasteiger partial charge < -0.3 is 4.74 Å². The Morgan fingerprint density at radius 3 is 2.42 bits per heavy atom. The first kappa shape index (κ1) is 19.5. The lowest BCUT2D eigenvalue weighted by Gasteiger charge is -2.28. The first-order valence-electron chi connectivity index (χ1n) is 9.12. The lowest BCUT2D eigenvalue weighted by atomic mass is 9.84. The van der Waals surface area contributed by atoms with Crippen molar-refractivity contribution in [1.29, 1.82) is 0 Å². The van der Waals surface area contributed by atoms with E-state index < -0.39 is 10.1 Å². The number of rotatable bonds is 8. The molecule has 0 radical (unpaired) electrons. The molecule has 0 bridgehead atoms. The van der Waals surface area contributed by atoms with Crippen LogP contribution in [0.4, 0.5) is 0 Å². The van der Waals surface area contributed by atoms with Crippen molar-refractivity contribution in [2.24, 2.45) is 5.92 Å². The van der Waals surface area contributed by atoms with Crippen LogP contribution in [0.5, 0.6) is 0 Å². The third kappa shape index (κ3) is 5.64. The Morgan fingerprint density at radius 2 is 1.77 bits per heavy atom. The van der Waals surface area contributed by atoms with Crippen LogP contribution >= 0.6 is 11.3 Å². The summed E-state index contributed by atoms with van der Waals surface area (Å²) in [5, 5.41) is 4.36. The van der Waals surface area contributed by atoms with Crippen LogP contribution in [0.2, 0.25) is 0 Å². The second-order valence-electron chi connectivity index (χ2n) is 6.94. The van der Waals surface area contributed by atoms with Gasteiger partial charge in [0.25, 0.3) is 10.1 Å². The number of thiophene rings is 1. The molecule has 1 aromatic heterocycles. The molecule has 1 aromatic carbocycles. The van der Waals surface area contributed by atoms with E-state index in [0.29, 0.717) is 6.61 Å². The Balaban J connectivity index is 1.35. The van der Waals surface area contributed by atoms with Crippen molar-refractivity contribution in [1.82, 2.24) is 0 Å². The van der Waals surface area contributed by atoms with E-state index in [9.17, 15) is 8.42 Å². The summed E-state index contributed by atoms with van der Waals surface area (Å²) in [7, 11) is -3.70. The summed E-state index contributed by atoms with van der Waals surface area (Å²) in [6.07, 6.45) is 5.80. The topological polar surface area (TPSA) is 52.6 Å². The summed E-state index contributed by atoms with van der Waals surface area (Å²) < 4.78 is 35.1. The summed E-state index contributed by atoms with van der Waals surface area (Å²) in [5.41, 5.74) is 2.45. The highest BCUT2D eigenvalue weighted by Gasteiger charge is 2.22. The van der Waals surface area contributed by atoms with E-state index in [1.807, 2.05) is 6.92 Å². The Kier molecular flexibility index (Phi) is 6.86. The van der Waals surface area contributed by atoms with Gasteiger partial charge in [-0.3, -0.25) is 4.18 Å². The van der Waals surface area contributed by atoms with E-state index in [4.69, 9.17) is 8.92 Å². The number of hydrogen-bond donors (Lipinski definition) is 0. The highest BCUT2D eigenvalue weighted by Crippen LogP contribution is 2.29. The smallest absolute Gasteiger partial charge is 0.297 e. The monoisotopic (exact) mass is 394 g/mol. The summed E-state index contributed by atoms with van der Waals surface area (Å²) in [5.74, 6) is 0.739. The molecule has 2 aromatic rings. The van der Waals surface area contributed by atoms with Crippen LogP contribution in [0.25, 0.3) is 0 Å². The van der Waals surface area contributed by atoms with E-state index in [-0.39, 0.29) is 17.6 Å². The van der Waals surface area contributed by atoms with Gasteiger partial charge >= 0.3 is 0 Å². The van der Waals surface area contributed by atoms with Gasteiger partial charge in [-0.15, -0.1) is 0 Å². The SMILES string of the molecule is Cc1ccc(S(=O)(=O)OCCOC2CCC(Cc3ccsc3)CC2)cc1. The van der Waals surface area contributed by atoms with Gasteiger partial charge in [-0.25, -0.2) is 0 Å². The average molecular weight is 395 g/mol. The molecule has 0 amide bonds. The molecule has 0 unspecified atom stereocenters. The minimum atomic E-state index is -3.70. The molecule has 1 aliphatic rings. The molecule has 6 heteroatoms. The number of hydrogen-bond acceptors (Lipinski definition) is 5. The number of benzene rings is 1. The molecule has 0 N–H and O–H groups in total. The van der Waals surface area contributed by atoms with Crippen molar-refractivity contribution in [3.05, 3.63) is 52.2 Å². The van der Waals surface area contributed by atoms with E-state index in [0.717, 1.165) is 30.7 Å². The van der Waals surface area contributed by atoms with Crippen molar-refractivity contribution in [2.45, 2.75) is 50.0 Å². The van der Waals surface area contributed by atoms with Gasteiger partial charge in [-0.1, -0.05) is 17.7 Å². The summed E-state index contributed by atoms with van der Waals surface area (Å²) >= 11 is 1.76. The zero-order chi connectivity index (χ0) is 18.4. The van der Waals surface area contributed by atoms with Crippen molar-refractivity contribution >= 4 is 21.5 Å². The molecular formula is C20H26O4S2. The molecule has 4 nitrogen and oxygen atoms in total. The number of ether oxygens (including phenoxy) is 1. The summed E-state index contributed by atoms with van der Waals surface area (Å²) in [6.45, 7) is 2.29. The zero-order valence-electron chi connectivity index (χ0n) is 15.1. The number of aryl methyl sites for hydroxylation is 1. The maximum absolute atomic E-state index is 12.1. The van der Waals surface area contributed by atoms with Gasteiger partial charge in [0.1, 0.15) is 0 Å². The molecule has 26 heavy (non-hydrogen) atoms. The molecule has 0 saturated heterocycles. The lowest BCUT2D eigenvalue weighted by Crippen LogP contribution is -2.24. The standard InChI is InChI=1S/C20H26O4S2/c1-16-2-8-20(9-3-16)26(21,22)24-12-11-23-19-6-4-17(5-7-19)14-18-10-13-25-15-18/h2-3,8-10,13,15,17,19H,4-7,11-12,14H2,1H3. The predicted molar refractivity (Wildman–Crippen MR) is 104 cm³/mol. The first-order valence-corrected chi connectivity index (χ1v) is 11.5. The van der Waals surface area contributed by atoms with Crippen molar-refractivity contribution < 1.29 is 17.3 Å². The Labute approximate surface area is 160 Å². The minimum absolute atomic E-state index is 0.0606. The molecule has 142 valence electrons. The van der Waals surface area contributed by atoms with Gasteiger partial charge in [-0.05, 0) is 79.5 Å². The molecule has 3 rings (SSSR count). The van der Waals surface area contributed by atoms with Gasteiger partial charge in [0, 0.05) is 0 Å². The van der Waals surface area contributed by atoms with Gasteiger partial charge in [-0.2, -0.15) is 19.8 Å². The average Bonchev–Trinajstić information content (AvgIpc) is 3.13. The van der Waals surface area contributed by atoms with Gasteiger partial charge in [0.15, 0.2) is 0 Å². The fraction of sp³-hybridized carbons (Fsp3) is 0.500. The van der Waals surface area contributed by atoms with Crippen LogP contribution in [0.1, 0.15) is 36.8 Å². The maximum Gasteiger partial charge on any atom is 0.297 e. The Morgan fingerprint density at radius 1 is 1.04 bits per heavy atom. The van der Waals surface area contributed by atoms with Crippen molar-refractivity contribution in [3.63, 3.8) is 0 Å². The second kappa shape index (κ2) is 9.13. The fourth-order valence-corrected chi connectivity index (χ4v) is 4.95. The van der Waals surface area contributed by atoms with E-state index in [1.165, 1.54) is 18.4 Å². The maximum atomic E-state index is 12.1. The van der Waals surface area contributed by atoms with E-state index in [2.05, 4.69) is 16.8 Å².